The van der Waals surface area contributed by atoms with Crippen molar-refractivity contribution in [2.75, 3.05) is 5.32 Å². The molecule has 0 unspecified atom stereocenters. The van der Waals surface area contributed by atoms with Gasteiger partial charge in [0.2, 0.25) is 0 Å². The van der Waals surface area contributed by atoms with Crippen molar-refractivity contribution in [3.8, 4) is 5.75 Å². The fourth-order valence-corrected chi connectivity index (χ4v) is 2.12. The number of benzene rings is 2. The molecule has 0 fully saturated rings. The highest BCUT2D eigenvalue weighted by molar-refractivity contribution is 6.35. The minimum atomic E-state index is -0.476. The Balaban J connectivity index is 2.11. The van der Waals surface area contributed by atoms with Crippen LogP contribution in [-0.4, -0.2) is 5.11 Å². The Morgan fingerprint density at radius 2 is 1.67 bits per heavy atom. The van der Waals surface area contributed by atoms with Gasteiger partial charge in [0, 0.05) is 28.3 Å². The van der Waals surface area contributed by atoms with E-state index in [9.17, 15) is 9.50 Å². The molecule has 0 saturated heterocycles. The third kappa shape index (κ3) is 3.52. The van der Waals surface area contributed by atoms with E-state index in [0.29, 0.717) is 22.2 Å². The van der Waals surface area contributed by atoms with Gasteiger partial charge in [0.25, 0.3) is 0 Å². The third-order valence-corrected chi connectivity index (χ3v) is 2.74. The Morgan fingerprint density at radius 3 is 2.28 bits per heavy atom. The summed E-state index contributed by atoms with van der Waals surface area (Å²) < 4.78 is 13.1. The fourth-order valence-electron chi connectivity index (χ4n) is 1.60. The molecule has 0 aromatic heterocycles. The Bertz CT molecular complexity index is 483. The van der Waals surface area contributed by atoms with Crippen LogP contribution in [0.1, 0.15) is 5.56 Å². The largest absolute Gasteiger partial charge is 0.508 e. The van der Waals surface area contributed by atoms with E-state index < -0.39 is 5.82 Å². The first-order valence-corrected chi connectivity index (χ1v) is 5.97. The number of aromatic hydroxyl groups is 1. The van der Waals surface area contributed by atoms with Crippen LogP contribution >= 0.6 is 23.2 Å². The number of nitrogens with one attached hydrogen (secondary N) is 1. The van der Waals surface area contributed by atoms with Crippen LogP contribution in [0.5, 0.6) is 5.75 Å². The molecule has 0 saturated carbocycles. The molecule has 0 atom stereocenters. The fraction of sp³-hybridized carbons (Fsp3) is 0.0769. The van der Waals surface area contributed by atoms with Crippen LogP contribution in [0.4, 0.5) is 10.1 Å². The lowest BCUT2D eigenvalue weighted by atomic mass is 10.2. The van der Waals surface area contributed by atoms with Gasteiger partial charge in [-0.3, -0.25) is 0 Å². The van der Waals surface area contributed by atoms with Crippen LogP contribution in [0, 0.1) is 5.82 Å². The molecular formula is C13H10Cl2FNO. The molecule has 0 aliphatic rings. The van der Waals surface area contributed by atoms with Crippen molar-refractivity contribution in [1.29, 1.82) is 0 Å². The molecule has 2 N–H and O–H groups in total. The molecule has 0 heterocycles. The molecule has 94 valence electrons. The topological polar surface area (TPSA) is 32.3 Å². The second-order valence-electron chi connectivity index (χ2n) is 3.83. The van der Waals surface area contributed by atoms with Gasteiger partial charge in [0.05, 0.1) is 0 Å². The summed E-state index contributed by atoms with van der Waals surface area (Å²) >= 11 is 11.7. The minimum Gasteiger partial charge on any atom is -0.508 e. The zero-order valence-corrected chi connectivity index (χ0v) is 10.8. The maximum atomic E-state index is 13.1. The monoisotopic (exact) mass is 285 g/mol. The average Bonchev–Trinajstić information content (AvgIpc) is 2.23. The summed E-state index contributed by atoms with van der Waals surface area (Å²) in [7, 11) is 0. The zero-order valence-electron chi connectivity index (χ0n) is 9.25. The van der Waals surface area contributed by atoms with E-state index in [1.54, 1.807) is 18.2 Å². The summed E-state index contributed by atoms with van der Waals surface area (Å²) in [5, 5.41) is 13.4. The summed E-state index contributed by atoms with van der Waals surface area (Å²) in [4.78, 5) is 0. The number of rotatable bonds is 3. The summed E-state index contributed by atoms with van der Waals surface area (Å²) in [5.74, 6) is -0.577. The lowest BCUT2D eigenvalue weighted by Gasteiger charge is -2.08. The number of phenolic OH excluding ortho intramolecular Hbond substituents is 1. The first-order valence-electron chi connectivity index (χ1n) is 5.21. The summed E-state index contributed by atoms with van der Waals surface area (Å²) in [6.45, 7) is 0.363. The first-order chi connectivity index (χ1) is 8.52. The van der Waals surface area contributed by atoms with Gasteiger partial charge in [-0.15, -0.1) is 0 Å². The molecule has 0 bridgehead atoms. The summed E-state index contributed by atoms with van der Waals surface area (Å²) in [6.07, 6.45) is 0. The normalized spacial score (nSPS) is 10.4. The molecule has 0 aliphatic carbocycles. The number of hydrogen-bond donors (Lipinski definition) is 2. The van der Waals surface area contributed by atoms with E-state index in [1.807, 2.05) is 0 Å². The minimum absolute atomic E-state index is 0.101. The van der Waals surface area contributed by atoms with Crippen LogP contribution < -0.4 is 5.32 Å². The van der Waals surface area contributed by atoms with Crippen LogP contribution in [-0.2, 0) is 6.54 Å². The van der Waals surface area contributed by atoms with Crippen molar-refractivity contribution in [1.82, 2.24) is 0 Å². The van der Waals surface area contributed by atoms with Gasteiger partial charge in [-0.2, -0.15) is 0 Å². The molecule has 5 heteroatoms. The second-order valence-corrected chi connectivity index (χ2v) is 4.70. The Labute approximate surface area is 114 Å². The van der Waals surface area contributed by atoms with Crippen molar-refractivity contribution in [2.45, 2.75) is 6.54 Å². The van der Waals surface area contributed by atoms with E-state index >= 15 is 0 Å². The lowest BCUT2D eigenvalue weighted by molar-refractivity contribution is 0.468. The molecule has 0 radical (unpaired) electrons. The highest BCUT2D eigenvalue weighted by Crippen LogP contribution is 2.23. The number of hydrogen-bond acceptors (Lipinski definition) is 2. The van der Waals surface area contributed by atoms with Gasteiger partial charge >= 0.3 is 0 Å². The Kier molecular flexibility index (Phi) is 3.94. The standard InChI is InChI=1S/C13H10Cl2FNO/c14-9-3-10(15)5-12(4-9)17-7-8-1-11(16)6-13(18)2-8/h1-6,17-18H,7H2. The molecule has 0 amide bonds. The van der Waals surface area contributed by atoms with Crippen LogP contribution in [0.3, 0.4) is 0 Å². The van der Waals surface area contributed by atoms with E-state index in [2.05, 4.69) is 5.32 Å². The molecule has 0 aliphatic heterocycles. The first kappa shape index (κ1) is 13.0. The molecule has 2 aromatic carbocycles. The molecule has 2 nitrogen and oxygen atoms in total. The van der Waals surface area contributed by atoms with Gasteiger partial charge in [0.1, 0.15) is 11.6 Å². The molecule has 2 rings (SSSR count). The van der Waals surface area contributed by atoms with Gasteiger partial charge in [-0.1, -0.05) is 23.2 Å². The van der Waals surface area contributed by atoms with Crippen molar-refractivity contribution >= 4 is 28.9 Å². The van der Waals surface area contributed by atoms with E-state index in [4.69, 9.17) is 23.2 Å². The average molecular weight is 286 g/mol. The van der Waals surface area contributed by atoms with Gasteiger partial charge in [0.15, 0.2) is 0 Å². The smallest absolute Gasteiger partial charge is 0.127 e. The zero-order chi connectivity index (χ0) is 13.1. The molecule has 2 aromatic rings. The van der Waals surface area contributed by atoms with Crippen molar-refractivity contribution in [3.05, 3.63) is 57.8 Å². The Morgan fingerprint density at radius 1 is 1.00 bits per heavy atom. The summed E-state index contributed by atoms with van der Waals surface area (Å²) in [6, 6.07) is 8.95. The van der Waals surface area contributed by atoms with Crippen LogP contribution in [0.15, 0.2) is 36.4 Å². The number of halogens is 3. The van der Waals surface area contributed by atoms with Crippen molar-refractivity contribution in [3.63, 3.8) is 0 Å². The molecule has 0 spiro atoms. The van der Waals surface area contributed by atoms with E-state index in [0.717, 1.165) is 11.8 Å². The second kappa shape index (κ2) is 5.46. The predicted octanol–water partition coefficient (Wildman–Crippen LogP) is 4.45. The van der Waals surface area contributed by atoms with Crippen LogP contribution in [0.2, 0.25) is 10.0 Å². The quantitative estimate of drug-likeness (QED) is 0.873. The third-order valence-electron chi connectivity index (χ3n) is 2.30. The van der Waals surface area contributed by atoms with Gasteiger partial charge in [-0.05, 0) is 35.9 Å². The molecule has 18 heavy (non-hydrogen) atoms. The maximum Gasteiger partial charge on any atom is 0.127 e. The van der Waals surface area contributed by atoms with Gasteiger partial charge < -0.3 is 10.4 Å². The highest BCUT2D eigenvalue weighted by Gasteiger charge is 2.01. The maximum absolute atomic E-state index is 13.1. The SMILES string of the molecule is Oc1cc(F)cc(CNc2cc(Cl)cc(Cl)c2)c1. The van der Waals surface area contributed by atoms with Crippen molar-refractivity contribution < 1.29 is 9.50 Å². The lowest BCUT2D eigenvalue weighted by Crippen LogP contribution is -1.99. The molecular weight excluding hydrogens is 276 g/mol. The van der Waals surface area contributed by atoms with Gasteiger partial charge in [-0.25, -0.2) is 4.39 Å². The Hall–Kier alpha value is -1.45. The van der Waals surface area contributed by atoms with Crippen molar-refractivity contribution in [2.24, 2.45) is 0 Å². The predicted molar refractivity (Wildman–Crippen MR) is 71.9 cm³/mol. The van der Waals surface area contributed by atoms with Crippen LogP contribution in [0.25, 0.3) is 0 Å². The highest BCUT2D eigenvalue weighted by atomic mass is 35.5. The summed E-state index contributed by atoms with van der Waals surface area (Å²) in [5.41, 5.74) is 1.36. The van der Waals surface area contributed by atoms with E-state index in [1.165, 1.54) is 12.1 Å². The number of phenols is 1. The number of anilines is 1. The van der Waals surface area contributed by atoms with E-state index in [-0.39, 0.29) is 5.75 Å².